The molecule has 0 N–H and O–H groups in total. The number of carbonyl (C=O) groups excluding carboxylic acids is 2. The molecule has 4 nitrogen and oxygen atoms in total. The third-order valence-corrected chi connectivity index (χ3v) is 4.93. The molecule has 2 rings (SSSR count). The molecule has 1 fully saturated rings. The van der Waals surface area contributed by atoms with Crippen LogP contribution in [0, 0.1) is 5.92 Å². The fourth-order valence-electron chi connectivity index (χ4n) is 3.34. The van der Waals surface area contributed by atoms with E-state index in [1.54, 1.807) is 0 Å². The number of hydrogen-bond acceptors (Lipinski definition) is 4. The summed E-state index contributed by atoms with van der Waals surface area (Å²) in [6, 6.07) is 0. The standard InChI is InChI=1S/C21H28O4/c1-14-7-5-9-17(21(23)24-4)10-6-8-15(2)13-19-18(12-11-14)16(3)20(22)25-19/h7,10,13,18-19H,3,5-6,8-9,11-12H2,1-2,4H3/b14-7+,15-13+,17-10+/t18-,19-/m1/s1. The van der Waals surface area contributed by atoms with Gasteiger partial charge in [-0.2, -0.15) is 0 Å². The van der Waals surface area contributed by atoms with Crippen LogP contribution in [0.15, 0.2) is 47.1 Å². The first-order valence-electron chi connectivity index (χ1n) is 8.92. The lowest BCUT2D eigenvalue weighted by molar-refractivity contribution is -0.138. The van der Waals surface area contributed by atoms with Crippen LogP contribution in [0.2, 0.25) is 0 Å². The van der Waals surface area contributed by atoms with Crippen LogP contribution in [0.5, 0.6) is 0 Å². The first kappa shape index (κ1) is 19.2. The highest BCUT2D eigenvalue weighted by Gasteiger charge is 2.36. The average molecular weight is 344 g/mol. The Morgan fingerprint density at radius 3 is 2.60 bits per heavy atom. The summed E-state index contributed by atoms with van der Waals surface area (Å²) < 4.78 is 10.4. The lowest BCUT2D eigenvalue weighted by Gasteiger charge is -2.16. The van der Waals surface area contributed by atoms with Crippen molar-refractivity contribution in [1.82, 2.24) is 0 Å². The van der Waals surface area contributed by atoms with Crippen LogP contribution in [-0.2, 0) is 19.1 Å². The molecule has 1 aliphatic carbocycles. The van der Waals surface area contributed by atoms with Crippen molar-refractivity contribution in [2.75, 3.05) is 7.11 Å². The first-order valence-corrected chi connectivity index (χ1v) is 8.92. The molecule has 25 heavy (non-hydrogen) atoms. The summed E-state index contributed by atoms with van der Waals surface area (Å²) in [6.07, 6.45) is 10.8. The summed E-state index contributed by atoms with van der Waals surface area (Å²) in [5, 5.41) is 0. The number of allylic oxidation sites excluding steroid dienone is 4. The van der Waals surface area contributed by atoms with E-state index in [0.29, 0.717) is 12.0 Å². The van der Waals surface area contributed by atoms with Crippen LogP contribution >= 0.6 is 0 Å². The van der Waals surface area contributed by atoms with E-state index in [0.717, 1.165) is 43.3 Å². The molecule has 136 valence electrons. The van der Waals surface area contributed by atoms with Crippen LogP contribution in [0.1, 0.15) is 52.4 Å². The van der Waals surface area contributed by atoms with E-state index in [1.807, 2.05) is 19.1 Å². The highest BCUT2D eigenvalue weighted by Crippen LogP contribution is 2.33. The molecule has 0 bridgehead atoms. The number of ether oxygens (including phenoxy) is 2. The molecule has 1 aliphatic heterocycles. The van der Waals surface area contributed by atoms with E-state index in [-0.39, 0.29) is 24.0 Å². The predicted molar refractivity (Wildman–Crippen MR) is 97.8 cm³/mol. The molecule has 0 aromatic carbocycles. The first-order chi connectivity index (χ1) is 11.9. The molecule has 0 aromatic heterocycles. The maximum absolute atomic E-state index is 11.9. The topological polar surface area (TPSA) is 52.6 Å². The van der Waals surface area contributed by atoms with Crippen molar-refractivity contribution in [2.45, 2.75) is 58.5 Å². The molecule has 2 aliphatic rings. The van der Waals surface area contributed by atoms with Crippen LogP contribution in [0.4, 0.5) is 0 Å². The Morgan fingerprint density at radius 2 is 1.88 bits per heavy atom. The molecule has 0 saturated carbocycles. The van der Waals surface area contributed by atoms with E-state index in [1.165, 1.54) is 12.7 Å². The molecule has 0 spiro atoms. The fourth-order valence-corrected chi connectivity index (χ4v) is 3.34. The van der Waals surface area contributed by atoms with Crippen molar-refractivity contribution >= 4 is 11.9 Å². The summed E-state index contributed by atoms with van der Waals surface area (Å²) >= 11 is 0. The minimum Gasteiger partial charge on any atom is -0.466 e. The van der Waals surface area contributed by atoms with Gasteiger partial charge in [-0.1, -0.05) is 29.9 Å². The maximum Gasteiger partial charge on any atom is 0.334 e. The number of esters is 2. The van der Waals surface area contributed by atoms with Gasteiger partial charge < -0.3 is 9.47 Å². The van der Waals surface area contributed by atoms with Gasteiger partial charge in [-0.05, 0) is 58.4 Å². The number of fused-ring (bicyclic) bond motifs is 1. The van der Waals surface area contributed by atoms with Gasteiger partial charge in [0.25, 0.3) is 0 Å². The van der Waals surface area contributed by atoms with Crippen molar-refractivity contribution in [3.63, 3.8) is 0 Å². The molecule has 0 unspecified atom stereocenters. The van der Waals surface area contributed by atoms with Crippen LogP contribution < -0.4 is 0 Å². The Hall–Kier alpha value is -2.10. The van der Waals surface area contributed by atoms with E-state index in [4.69, 9.17) is 9.47 Å². The van der Waals surface area contributed by atoms with E-state index in [2.05, 4.69) is 19.6 Å². The quantitative estimate of drug-likeness (QED) is 0.401. The summed E-state index contributed by atoms with van der Waals surface area (Å²) in [5.74, 6) is -0.478. The number of carbonyl (C=O) groups is 2. The zero-order chi connectivity index (χ0) is 18.4. The van der Waals surface area contributed by atoms with Crippen molar-refractivity contribution < 1.29 is 19.1 Å². The Balaban J connectivity index is 2.23. The van der Waals surface area contributed by atoms with E-state index < -0.39 is 0 Å². The number of hydrogen-bond donors (Lipinski definition) is 0. The Kier molecular flexibility index (Phi) is 6.80. The monoisotopic (exact) mass is 344 g/mol. The van der Waals surface area contributed by atoms with Gasteiger partial charge in [0.1, 0.15) is 6.10 Å². The zero-order valence-electron chi connectivity index (χ0n) is 15.5. The predicted octanol–water partition coefficient (Wildman–Crippen LogP) is 4.43. The molecule has 0 radical (unpaired) electrons. The van der Waals surface area contributed by atoms with Gasteiger partial charge in [-0.3, -0.25) is 0 Å². The van der Waals surface area contributed by atoms with Gasteiger partial charge in [0, 0.05) is 17.1 Å². The second kappa shape index (κ2) is 8.84. The Morgan fingerprint density at radius 1 is 1.16 bits per heavy atom. The largest absolute Gasteiger partial charge is 0.466 e. The van der Waals surface area contributed by atoms with Gasteiger partial charge in [-0.15, -0.1) is 0 Å². The Labute approximate surface area is 150 Å². The normalized spacial score (nSPS) is 32.0. The van der Waals surface area contributed by atoms with E-state index >= 15 is 0 Å². The summed E-state index contributed by atoms with van der Waals surface area (Å²) in [4.78, 5) is 23.8. The third kappa shape index (κ3) is 5.18. The molecule has 1 heterocycles. The van der Waals surface area contributed by atoms with Crippen molar-refractivity contribution in [3.8, 4) is 0 Å². The molecule has 4 heteroatoms. The second-order valence-electron chi connectivity index (χ2n) is 6.90. The van der Waals surface area contributed by atoms with Gasteiger partial charge in [0.15, 0.2) is 0 Å². The van der Waals surface area contributed by atoms with E-state index in [9.17, 15) is 9.59 Å². The van der Waals surface area contributed by atoms with Gasteiger partial charge in [0.2, 0.25) is 0 Å². The molecule has 0 amide bonds. The lowest BCUT2D eigenvalue weighted by atomic mass is 9.89. The van der Waals surface area contributed by atoms with Crippen molar-refractivity contribution in [1.29, 1.82) is 0 Å². The Bertz CT molecular complexity index is 636. The number of rotatable bonds is 1. The van der Waals surface area contributed by atoms with Gasteiger partial charge in [-0.25, -0.2) is 9.59 Å². The van der Waals surface area contributed by atoms with Crippen LogP contribution in [0.3, 0.4) is 0 Å². The SMILES string of the molecule is C=C1C(=O)O[C@@H]2/C=C(\C)CC/C=C(/C(=O)OC)CC/C=C(\C)CC[C@H]12. The summed E-state index contributed by atoms with van der Waals surface area (Å²) in [6.45, 7) is 8.05. The third-order valence-electron chi connectivity index (χ3n) is 4.93. The molecule has 0 aromatic rings. The van der Waals surface area contributed by atoms with Crippen molar-refractivity contribution in [2.24, 2.45) is 5.92 Å². The molecular formula is C21H28O4. The van der Waals surface area contributed by atoms with Gasteiger partial charge in [0.05, 0.1) is 7.11 Å². The minimum atomic E-state index is -0.280. The van der Waals surface area contributed by atoms with Crippen molar-refractivity contribution in [3.05, 3.63) is 47.1 Å². The van der Waals surface area contributed by atoms with Gasteiger partial charge >= 0.3 is 11.9 Å². The lowest BCUT2D eigenvalue weighted by Crippen LogP contribution is -2.15. The minimum absolute atomic E-state index is 0.0508. The smallest absolute Gasteiger partial charge is 0.334 e. The maximum atomic E-state index is 11.9. The highest BCUT2D eigenvalue weighted by molar-refractivity contribution is 5.91. The average Bonchev–Trinajstić information content (AvgIpc) is 2.84. The second-order valence-corrected chi connectivity index (χ2v) is 6.90. The molecule has 1 saturated heterocycles. The highest BCUT2D eigenvalue weighted by atomic mass is 16.6. The summed E-state index contributed by atoms with van der Waals surface area (Å²) in [5.41, 5.74) is 3.73. The zero-order valence-corrected chi connectivity index (χ0v) is 15.5. The van der Waals surface area contributed by atoms with Crippen LogP contribution in [-0.4, -0.2) is 25.2 Å². The fraction of sp³-hybridized carbons (Fsp3) is 0.524. The summed E-state index contributed by atoms with van der Waals surface area (Å²) in [7, 11) is 1.42. The molecule has 2 atom stereocenters. The van der Waals surface area contributed by atoms with Crippen LogP contribution in [0.25, 0.3) is 0 Å². The molecular weight excluding hydrogens is 316 g/mol. The number of methoxy groups -OCH3 is 1.